The Bertz CT molecular complexity index is 746. The van der Waals surface area contributed by atoms with E-state index in [1.165, 1.54) is 7.11 Å². The number of carbonyl (C=O) groups is 1. The van der Waals surface area contributed by atoms with E-state index >= 15 is 0 Å². The van der Waals surface area contributed by atoms with Crippen molar-refractivity contribution in [2.45, 2.75) is 44.9 Å². The molecular formula is C17H20BrN3O3. The molecule has 0 amide bonds. The first-order chi connectivity index (χ1) is 11.5. The molecule has 2 aromatic rings. The summed E-state index contributed by atoms with van der Waals surface area (Å²) in [5.41, 5.74) is 2.67. The number of aromatic nitrogens is 3. The van der Waals surface area contributed by atoms with E-state index in [2.05, 4.69) is 39.2 Å². The fourth-order valence-electron chi connectivity index (χ4n) is 3.17. The quantitative estimate of drug-likeness (QED) is 0.749. The summed E-state index contributed by atoms with van der Waals surface area (Å²) in [6, 6.07) is 8.03. The lowest BCUT2D eigenvalue weighted by atomic mass is 9.92. The Morgan fingerprint density at radius 3 is 2.88 bits per heavy atom. The van der Waals surface area contributed by atoms with E-state index in [0.29, 0.717) is 12.2 Å². The highest BCUT2D eigenvalue weighted by molar-refractivity contribution is 9.10. The molecule has 0 bridgehead atoms. The summed E-state index contributed by atoms with van der Waals surface area (Å²) in [4.78, 5) is 11.7. The summed E-state index contributed by atoms with van der Waals surface area (Å²) >= 11 is 3.61. The van der Waals surface area contributed by atoms with Crippen LogP contribution in [0, 0.1) is 0 Å². The van der Waals surface area contributed by atoms with Crippen LogP contribution in [0.4, 0.5) is 0 Å². The lowest BCUT2D eigenvalue weighted by molar-refractivity contribution is -0.139. The van der Waals surface area contributed by atoms with Gasteiger partial charge < -0.3 is 9.47 Å². The molecule has 1 aliphatic heterocycles. The minimum absolute atomic E-state index is 0.00306. The van der Waals surface area contributed by atoms with E-state index in [-0.39, 0.29) is 30.5 Å². The maximum atomic E-state index is 11.7. The molecule has 3 atom stereocenters. The lowest BCUT2D eigenvalue weighted by Gasteiger charge is -2.25. The van der Waals surface area contributed by atoms with Gasteiger partial charge in [0.1, 0.15) is 0 Å². The van der Waals surface area contributed by atoms with E-state index in [0.717, 1.165) is 15.7 Å². The molecule has 1 aliphatic rings. The second-order valence-corrected chi connectivity index (χ2v) is 6.89. The SMILES string of the molecule is COC(=O)Cc1nnn2c1[C@@H](C)[C@@H](c1ccccc1Br)O[C@@H](C)C2. The molecule has 6 nitrogen and oxygen atoms in total. The van der Waals surface area contributed by atoms with Crippen LogP contribution >= 0.6 is 15.9 Å². The van der Waals surface area contributed by atoms with Gasteiger partial charge in [-0.05, 0) is 18.6 Å². The molecule has 0 aliphatic carbocycles. The fourth-order valence-corrected chi connectivity index (χ4v) is 3.68. The van der Waals surface area contributed by atoms with Crippen molar-refractivity contribution in [1.82, 2.24) is 15.0 Å². The molecule has 128 valence electrons. The highest BCUT2D eigenvalue weighted by Gasteiger charge is 2.34. The van der Waals surface area contributed by atoms with E-state index < -0.39 is 0 Å². The maximum absolute atomic E-state index is 11.7. The van der Waals surface area contributed by atoms with Gasteiger partial charge >= 0.3 is 5.97 Å². The first-order valence-electron chi connectivity index (χ1n) is 7.90. The lowest BCUT2D eigenvalue weighted by Crippen LogP contribution is -2.18. The Labute approximate surface area is 149 Å². The van der Waals surface area contributed by atoms with Crippen molar-refractivity contribution < 1.29 is 14.3 Å². The predicted molar refractivity (Wildman–Crippen MR) is 91.6 cm³/mol. The summed E-state index contributed by atoms with van der Waals surface area (Å²) in [5, 5.41) is 8.43. The Hall–Kier alpha value is -1.73. The van der Waals surface area contributed by atoms with Gasteiger partial charge in [0.25, 0.3) is 0 Å². The smallest absolute Gasteiger partial charge is 0.311 e. The van der Waals surface area contributed by atoms with E-state index in [1.807, 2.05) is 29.8 Å². The molecule has 1 aromatic heterocycles. The number of halogens is 1. The molecule has 0 fully saturated rings. The van der Waals surface area contributed by atoms with Gasteiger partial charge in [0.15, 0.2) is 0 Å². The second kappa shape index (κ2) is 7.03. The van der Waals surface area contributed by atoms with Crippen LogP contribution in [0.15, 0.2) is 28.7 Å². The topological polar surface area (TPSA) is 66.2 Å². The zero-order valence-corrected chi connectivity index (χ0v) is 15.5. The molecule has 2 heterocycles. The molecule has 7 heteroatoms. The van der Waals surface area contributed by atoms with Crippen molar-refractivity contribution in [1.29, 1.82) is 0 Å². The number of nitrogens with zero attached hydrogens (tertiary/aromatic N) is 3. The minimum atomic E-state index is -0.318. The molecule has 1 aromatic carbocycles. The van der Waals surface area contributed by atoms with Gasteiger partial charge in [0, 0.05) is 10.4 Å². The zero-order chi connectivity index (χ0) is 17.3. The van der Waals surface area contributed by atoms with Crippen molar-refractivity contribution >= 4 is 21.9 Å². The first-order valence-corrected chi connectivity index (χ1v) is 8.69. The summed E-state index contributed by atoms with van der Waals surface area (Å²) in [7, 11) is 1.38. The molecule has 3 rings (SSSR count). The van der Waals surface area contributed by atoms with Gasteiger partial charge in [-0.2, -0.15) is 0 Å². The van der Waals surface area contributed by atoms with E-state index in [1.54, 1.807) is 0 Å². The molecule has 24 heavy (non-hydrogen) atoms. The number of ether oxygens (including phenoxy) is 2. The zero-order valence-electron chi connectivity index (χ0n) is 13.9. The van der Waals surface area contributed by atoms with Gasteiger partial charge in [0.05, 0.1) is 43.7 Å². The first kappa shape index (κ1) is 17.1. The van der Waals surface area contributed by atoms with Crippen LogP contribution in [0.5, 0.6) is 0 Å². The second-order valence-electron chi connectivity index (χ2n) is 6.03. The van der Waals surface area contributed by atoms with Crippen LogP contribution in [0.25, 0.3) is 0 Å². The fraction of sp³-hybridized carbons (Fsp3) is 0.471. The van der Waals surface area contributed by atoms with Crippen molar-refractivity contribution in [2.75, 3.05) is 7.11 Å². The number of methoxy groups -OCH3 is 1. The van der Waals surface area contributed by atoms with Crippen molar-refractivity contribution in [3.8, 4) is 0 Å². The van der Waals surface area contributed by atoms with Gasteiger partial charge in [-0.1, -0.05) is 46.3 Å². The van der Waals surface area contributed by atoms with E-state index in [9.17, 15) is 4.79 Å². The van der Waals surface area contributed by atoms with Gasteiger partial charge in [-0.25, -0.2) is 4.68 Å². The number of carbonyl (C=O) groups excluding carboxylic acids is 1. The average molecular weight is 394 g/mol. The van der Waals surface area contributed by atoms with Crippen molar-refractivity contribution in [3.05, 3.63) is 45.7 Å². The monoisotopic (exact) mass is 393 g/mol. The average Bonchev–Trinajstić information content (AvgIpc) is 2.89. The van der Waals surface area contributed by atoms with Crippen molar-refractivity contribution in [3.63, 3.8) is 0 Å². The maximum Gasteiger partial charge on any atom is 0.311 e. The van der Waals surface area contributed by atoms with Crippen LogP contribution in [0.2, 0.25) is 0 Å². The van der Waals surface area contributed by atoms with Crippen LogP contribution in [-0.2, 0) is 27.2 Å². The Morgan fingerprint density at radius 1 is 1.42 bits per heavy atom. The molecule has 0 radical (unpaired) electrons. The summed E-state index contributed by atoms with van der Waals surface area (Å²) in [6.07, 6.45) is -0.0436. The standard InChI is InChI=1S/C17H20BrN3O3/c1-10-9-21-16(14(19-20-21)8-15(22)23-3)11(2)17(24-10)12-6-4-5-7-13(12)18/h4-7,10-11,17H,8-9H2,1-3H3/t10-,11+,17-/m0/s1. The Morgan fingerprint density at radius 2 is 2.17 bits per heavy atom. The molecular weight excluding hydrogens is 374 g/mol. The van der Waals surface area contributed by atoms with Crippen LogP contribution in [0.3, 0.4) is 0 Å². The molecule has 0 saturated carbocycles. The number of hydrogen-bond donors (Lipinski definition) is 0. The largest absolute Gasteiger partial charge is 0.469 e. The molecule has 0 spiro atoms. The van der Waals surface area contributed by atoms with Gasteiger partial charge in [-0.3, -0.25) is 4.79 Å². The highest BCUT2D eigenvalue weighted by Crippen LogP contribution is 2.40. The van der Waals surface area contributed by atoms with Crippen LogP contribution < -0.4 is 0 Å². The number of hydrogen-bond acceptors (Lipinski definition) is 5. The van der Waals surface area contributed by atoms with Crippen molar-refractivity contribution in [2.24, 2.45) is 0 Å². The van der Waals surface area contributed by atoms with Crippen LogP contribution in [-0.4, -0.2) is 34.2 Å². The van der Waals surface area contributed by atoms with Crippen LogP contribution in [0.1, 0.15) is 42.8 Å². The number of esters is 1. The number of fused-ring (bicyclic) bond motifs is 1. The predicted octanol–water partition coefficient (Wildman–Crippen LogP) is 3.02. The third kappa shape index (κ3) is 3.23. The highest BCUT2D eigenvalue weighted by atomic mass is 79.9. The third-order valence-electron chi connectivity index (χ3n) is 4.29. The Balaban J connectivity index is 2.03. The third-order valence-corrected chi connectivity index (χ3v) is 5.01. The summed E-state index contributed by atoms with van der Waals surface area (Å²) in [5.74, 6) is -0.315. The normalized spacial score (nSPS) is 23.4. The molecule has 0 unspecified atom stereocenters. The summed E-state index contributed by atoms with van der Waals surface area (Å²) in [6.45, 7) is 4.71. The van der Waals surface area contributed by atoms with Gasteiger partial charge in [-0.15, -0.1) is 5.10 Å². The van der Waals surface area contributed by atoms with E-state index in [4.69, 9.17) is 9.47 Å². The number of rotatable bonds is 3. The molecule has 0 N–H and O–H groups in total. The van der Waals surface area contributed by atoms with Gasteiger partial charge in [0.2, 0.25) is 0 Å². The summed E-state index contributed by atoms with van der Waals surface area (Å²) < 4.78 is 13.9. The minimum Gasteiger partial charge on any atom is -0.469 e. The number of benzene rings is 1. The molecule has 0 saturated heterocycles. The Kier molecular flexibility index (Phi) is 5.01.